The van der Waals surface area contributed by atoms with Crippen LogP contribution in [0.3, 0.4) is 0 Å². The molecule has 182 valence electrons. The smallest absolute Gasteiger partial charge is 0.169 e. The van der Waals surface area contributed by atoms with E-state index in [4.69, 9.17) is 19.2 Å². The molecule has 3 aromatic rings. The summed E-state index contributed by atoms with van der Waals surface area (Å²) >= 11 is 0. The molecule has 0 aromatic carbocycles. The maximum Gasteiger partial charge on any atom is 0.169 e. The van der Waals surface area contributed by atoms with Gasteiger partial charge in [-0.15, -0.1) is 0 Å². The average Bonchev–Trinajstić information content (AvgIpc) is 3.52. The molecule has 8 heteroatoms. The van der Waals surface area contributed by atoms with Crippen molar-refractivity contribution in [3.8, 4) is 11.1 Å². The monoisotopic (exact) mass is 480 g/mol. The van der Waals surface area contributed by atoms with Gasteiger partial charge < -0.3 is 18.8 Å². The standard InChI is InChI=1S/C26H36N4O3Si/c1-29-17-22(16-28-29)24-18-30(19-31-11-12-34(2,3)4)25-23(24)14-21(15-27-25)13-20-5-7-26(8-6-20)32-9-10-33-26/h13-18H,5-12,19H2,1-4H3. The summed E-state index contributed by atoms with van der Waals surface area (Å²) in [4.78, 5) is 4.87. The Morgan fingerprint density at radius 3 is 2.56 bits per heavy atom. The second-order valence-corrected chi connectivity index (χ2v) is 16.4. The van der Waals surface area contributed by atoms with Crippen molar-refractivity contribution in [1.29, 1.82) is 0 Å². The zero-order chi connectivity index (χ0) is 23.8. The fourth-order valence-corrected chi connectivity index (χ4v) is 5.57. The lowest BCUT2D eigenvalue weighted by Gasteiger charge is -2.32. The van der Waals surface area contributed by atoms with Crippen LogP contribution in [-0.4, -0.2) is 53.0 Å². The maximum atomic E-state index is 6.06. The summed E-state index contributed by atoms with van der Waals surface area (Å²) in [5.74, 6) is -0.334. The third kappa shape index (κ3) is 5.20. The molecule has 1 saturated carbocycles. The number of nitrogens with zero attached hydrogens (tertiary/aromatic N) is 4. The fraction of sp³-hybridized carbons (Fsp3) is 0.538. The first-order chi connectivity index (χ1) is 16.3. The quantitative estimate of drug-likeness (QED) is 0.332. The lowest BCUT2D eigenvalue weighted by atomic mass is 9.88. The minimum Gasteiger partial charge on any atom is -0.361 e. The summed E-state index contributed by atoms with van der Waals surface area (Å²) < 4.78 is 21.8. The highest BCUT2D eigenvalue weighted by atomic mass is 28.3. The third-order valence-electron chi connectivity index (χ3n) is 6.82. The van der Waals surface area contributed by atoms with Crippen molar-refractivity contribution >= 4 is 25.2 Å². The molecule has 5 rings (SSSR count). The van der Waals surface area contributed by atoms with Gasteiger partial charge in [0.05, 0.1) is 19.4 Å². The molecule has 2 fully saturated rings. The lowest BCUT2D eigenvalue weighted by molar-refractivity contribution is -0.171. The Morgan fingerprint density at radius 1 is 1.12 bits per heavy atom. The highest BCUT2D eigenvalue weighted by Crippen LogP contribution is 2.39. The van der Waals surface area contributed by atoms with Gasteiger partial charge in [-0.3, -0.25) is 4.68 Å². The maximum absolute atomic E-state index is 6.06. The van der Waals surface area contributed by atoms with Gasteiger partial charge in [0, 0.05) is 69.7 Å². The molecule has 2 aliphatic rings. The van der Waals surface area contributed by atoms with Crippen molar-refractivity contribution in [2.24, 2.45) is 7.05 Å². The van der Waals surface area contributed by atoms with Crippen LogP contribution in [0.2, 0.25) is 25.7 Å². The molecule has 0 atom stereocenters. The van der Waals surface area contributed by atoms with E-state index in [9.17, 15) is 0 Å². The van der Waals surface area contributed by atoms with Crippen LogP contribution in [-0.2, 0) is 28.0 Å². The van der Waals surface area contributed by atoms with E-state index < -0.39 is 8.07 Å². The Kier molecular flexibility index (Phi) is 6.50. The molecule has 1 aliphatic carbocycles. The molecule has 0 radical (unpaired) electrons. The van der Waals surface area contributed by atoms with E-state index in [1.54, 1.807) is 0 Å². The van der Waals surface area contributed by atoms with E-state index in [1.807, 2.05) is 24.1 Å². The fourth-order valence-electron chi connectivity index (χ4n) is 4.81. The van der Waals surface area contributed by atoms with Crippen molar-refractivity contribution in [2.45, 2.75) is 63.9 Å². The molecule has 4 heterocycles. The van der Waals surface area contributed by atoms with Crippen LogP contribution < -0.4 is 0 Å². The first-order valence-electron chi connectivity index (χ1n) is 12.3. The second-order valence-electron chi connectivity index (χ2n) is 10.8. The molecule has 1 saturated heterocycles. The van der Waals surface area contributed by atoms with Crippen molar-refractivity contribution in [3.05, 3.63) is 42.0 Å². The van der Waals surface area contributed by atoms with Gasteiger partial charge in [-0.05, 0) is 30.5 Å². The Balaban J connectivity index is 1.39. The number of ether oxygens (including phenoxy) is 3. The van der Waals surface area contributed by atoms with Crippen molar-refractivity contribution in [3.63, 3.8) is 0 Å². The molecule has 0 N–H and O–H groups in total. The van der Waals surface area contributed by atoms with Crippen LogP contribution in [0.5, 0.6) is 0 Å². The van der Waals surface area contributed by atoms with Gasteiger partial charge in [0.25, 0.3) is 0 Å². The summed E-state index contributed by atoms with van der Waals surface area (Å²) in [6, 6.07) is 3.41. The number of fused-ring (bicyclic) bond motifs is 1. The molecule has 7 nitrogen and oxygen atoms in total. The zero-order valence-electron chi connectivity index (χ0n) is 20.8. The molecule has 3 aromatic heterocycles. The minimum absolute atomic E-state index is 0.334. The van der Waals surface area contributed by atoms with E-state index in [-0.39, 0.29) is 5.79 Å². The van der Waals surface area contributed by atoms with Crippen LogP contribution in [0.25, 0.3) is 28.2 Å². The van der Waals surface area contributed by atoms with Gasteiger partial charge in [-0.1, -0.05) is 31.3 Å². The lowest BCUT2D eigenvalue weighted by Crippen LogP contribution is -2.33. The number of hydrogen-bond acceptors (Lipinski definition) is 5. The summed E-state index contributed by atoms with van der Waals surface area (Å²) in [6.45, 7) is 9.86. The third-order valence-corrected chi connectivity index (χ3v) is 8.52. The van der Waals surface area contributed by atoms with Crippen LogP contribution in [0, 0.1) is 0 Å². The molecular weight excluding hydrogens is 444 g/mol. The first-order valence-corrected chi connectivity index (χ1v) is 16.0. The van der Waals surface area contributed by atoms with E-state index in [0.717, 1.165) is 79.3 Å². The predicted octanol–water partition coefficient (Wildman–Crippen LogP) is 5.45. The van der Waals surface area contributed by atoms with Crippen LogP contribution in [0.4, 0.5) is 0 Å². The Hall–Kier alpha value is -2.26. The molecule has 0 unspecified atom stereocenters. The van der Waals surface area contributed by atoms with Crippen molar-refractivity contribution in [1.82, 2.24) is 19.3 Å². The van der Waals surface area contributed by atoms with E-state index in [0.29, 0.717) is 6.73 Å². The van der Waals surface area contributed by atoms with Crippen LogP contribution in [0.15, 0.2) is 36.4 Å². The summed E-state index contributed by atoms with van der Waals surface area (Å²) in [5.41, 5.74) is 5.75. The number of allylic oxidation sites excluding steroid dienone is 1. The molecule has 1 aliphatic heterocycles. The molecule has 1 spiro atoms. The Morgan fingerprint density at radius 2 is 1.88 bits per heavy atom. The van der Waals surface area contributed by atoms with Crippen LogP contribution in [0.1, 0.15) is 31.2 Å². The van der Waals surface area contributed by atoms with Gasteiger partial charge in [0.1, 0.15) is 12.4 Å². The van der Waals surface area contributed by atoms with Crippen molar-refractivity contribution < 1.29 is 14.2 Å². The number of pyridine rings is 1. The Labute approximate surface area is 202 Å². The number of rotatable bonds is 7. The van der Waals surface area contributed by atoms with E-state index >= 15 is 0 Å². The predicted molar refractivity (Wildman–Crippen MR) is 137 cm³/mol. The zero-order valence-corrected chi connectivity index (χ0v) is 21.8. The molecule has 0 amide bonds. The van der Waals surface area contributed by atoms with E-state index in [1.165, 1.54) is 5.57 Å². The Bertz CT molecular complexity index is 1170. The highest BCUT2D eigenvalue weighted by Gasteiger charge is 2.38. The summed E-state index contributed by atoms with van der Waals surface area (Å²) in [5, 5.41) is 5.52. The van der Waals surface area contributed by atoms with Gasteiger partial charge >= 0.3 is 0 Å². The van der Waals surface area contributed by atoms with Crippen LogP contribution >= 0.6 is 0 Å². The molecular formula is C26H36N4O3Si. The van der Waals surface area contributed by atoms with Gasteiger partial charge in [0.2, 0.25) is 0 Å². The normalized spacial score (nSPS) is 18.3. The minimum atomic E-state index is -1.12. The van der Waals surface area contributed by atoms with Gasteiger partial charge in [-0.25, -0.2) is 4.98 Å². The average molecular weight is 481 g/mol. The highest BCUT2D eigenvalue weighted by molar-refractivity contribution is 6.76. The summed E-state index contributed by atoms with van der Waals surface area (Å²) in [7, 11) is 0.832. The molecule has 0 bridgehead atoms. The van der Waals surface area contributed by atoms with Crippen molar-refractivity contribution in [2.75, 3.05) is 19.8 Å². The topological polar surface area (TPSA) is 63.3 Å². The SMILES string of the molecule is Cn1cc(-c2cn(COCC[Si](C)(C)C)c3ncc(C=C4CCC5(CC4)OCCO5)cc23)cn1. The molecule has 34 heavy (non-hydrogen) atoms. The second kappa shape index (κ2) is 9.41. The first kappa shape index (κ1) is 23.5. The summed E-state index contributed by atoms with van der Waals surface area (Å²) in [6.07, 6.45) is 14.3. The largest absolute Gasteiger partial charge is 0.361 e. The number of aryl methyl sites for hydroxylation is 1. The van der Waals surface area contributed by atoms with Gasteiger partial charge in [0.15, 0.2) is 5.79 Å². The number of aromatic nitrogens is 4. The van der Waals surface area contributed by atoms with E-state index in [2.05, 4.69) is 53.8 Å². The number of hydrogen-bond donors (Lipinski definition) is 0. The van der Waals surface area contributed by atoms with Gasteiger partial charge in [-0.2, -0.15) is 5.10 Å².